The zero-order valence-electron chi connectivity index (χ0n) is 15.3. The molecule has 1 unspecified atom stereocenters. The average Bonchev–Trinajstić information content (AvgIpc) is 2.57. The molecule has 2 amide bonds. The molecule has 0 aliphatic carbocycles. The quantitative estimate of drug-likeness (QED) is 0.701. The van der Waals surface area contributed by atoms with E-state index in [0.29, 0.717) is 13.0 Å². The summed E-state index contributed by atoms with van der Waals surface area (Å²) in [7, 11) is 0. The minimum absolute atomic E-state index is 0.00818. The maximum absolute atomic E-state index is 12.3. The monoisotopic (exact) mass is 346 g/mol. The number of nitrogens with zero attached hydrogens (tertiary/aromatic N) is 1. The second-order valence-electron chi connectivity index (χ2n) is 7.11. The summed E-state index contributed by atoms with van der Waals surface area (Å²) < 4.78 is 0. The summed E-state index contributed by atoms with van der Waals surface area (Å²) in [6.45, 7) is 5.77. The van der Waals surface area contributed by atoms with Crippen molar-refractivity contribution in [3.8, 4) is 0 Å². The van der Waals surface area contributed by atoms with Gasteiger partial charge in [-0.05, 0) is 38.3 Å². The average molecular weight is 346 g/mol. The van der Waals surface area contributed by atoms with E-state index in [1.54, 1.807) is 6.92 Å². The van der Waals surface area contributed by atoms with Crippen molar-refractivity contribution < 1.29 is 9.59 Å². The molecule has 6 heteroatoms. The topological polar surface area (TPSA) is 87.5 Å². The van der Waals surface area contributed by atoms with E-state index in [0.717, 1.165) is 38.0 Å². The summed E-state index contributed by atoms with van der Waals surface area (Å²) in [6, 6.07) is 9.60. The number of carbonyl (C=O) groups excluding carboxylic acids is 2. The zero-order chi connectivity index (χ0) is 18.3. The van der Waals surface area contributed by atoms with Gasteiger partial charge in [0.15, 0.2) is 0 Å². The van der Waals surface area contributed by atoms with Crippen LogP contribution < -0.4 is 16.4 Å². The number of rotatable bonds is 7. The molecule has 1 aliphatic rings. The lowest BCUT2D eigenvalue weighted by Crippen LogP contribution is -2.56. The van der Waals surface area contributed by atoms with Crippen molar-refractivity contribution >= 4 is 17.5 Å². The SMILES string of the molecule is CCCC(C)(N)C(=O)NC1CCN(CC(=O)Nc2ccccc2)CC1. The van der Waals surface area contributed by atoms with Gasteiger partial charge in [0.05, 0.1) is 12.1 Å². The van der Waals surface area contributed by atoms with Crippen LogP contribution in [0.15, 0.2) is 30.3 Å². The van der Waals surface area contributed by atoms with E-state index in [1.807, 2.05) is 37.3 Å². The molecule has 0 bridgehead atoms. The molecule has 2 rings (SSSR count). The highest BCUT2D eigenvalue weighted by molar-refractivity contribution is 5.92. The number of nitrogens with two attached hydrogens (primary N) is 1. The molecular weight excluding hydrogens is 316 g/mol. The Morgan fingerprint density at radius 3 is 2.48 bits per heavy atom. The molecule has 1 aromatic rings. The first-order valence-electron chi connectivity index (χ1n) is 9.08. The first kappa shape index (κ1) is 19.4. The van der Waals surface area contributed by atoms with Crippen LogP contribution in [0, 0.1) is 0 Å². The molecule has 1 aromatic carbocycles. The highest BCUT2D eigenvalue weighted by Gasteiger charge is 2.30. The molecule has 25 heavy (non-hydrogen) atoms. The molecule has 1 atom stereocenters. The standard InChI is InChI=1S/C19H30N4O2/c1-3-11-19(2,20)18(25)22-16-9-12-23(13-10-16)14-17(24)21-15-7-5-4-6-8-15/h4-8,16H,3,9-14,20H2,1-2H3,(H,21,24)(H,22,25). The van der Waals surface area contributed by atoms with Crippen LogP contribution in [0.2, 0.25) is 0 Å². The van der Waals surface area contributed by atoms with E-state index in [2.05, 4.69) is 15.5 Å². The molecule has 1 fully saturated rings. The van der Waals surface area contributed by atoms with Crippen LogP contribution in [0.4, 0.5) is 5.69 Å². The van der Waals surface area contributed by atoms with Gasteiger partial charge in [0.1, 0.15) is 0 Å². The second-order valence-corrected chi connectivity index (χ2v) is 7.11. The van der Waals surface area contributed by atoms with E-state index in [1.165, 1.54) is 0 Å². The van der Waals surface area contributed by atoms with E-state index < -0.39 is 5.54 Å². The number of likely N-dealkylation sites (tertiary alicyclic amines) is 1. The number of benzene rings is 1. The maximum Gasteiger partial charge on any atom is 0.240 e. The summed E-state index contributed by atoms with van der Waals surface area (Å²) in [6.07, 6.45) is 3.24. The highest BCUT2D eigenvalue weighted by atomic mass is 16.2. The Balaban J connectivity index is 1.72. The molecule has 1 aliphatic heterocycles. The maximum atomic E-state index is 12.3. The minimum Gasteiger partial charge on any atom is -0.352 e. The fourth-order valence-corrected chi connectivity index (χ4v) is 3.14. The van der Waals surface area contributed by atoms with Gasteiger partial charge in [-0.1, -0.05) is 31.5 Å². The Labute approximate surface area is 150 Å². The van der Waals surface area contributed by atoms with Gasteiger partial charge in [0, 0.05) is 24.8 Å². The van der Waals surface area contributed by atoms with Crippen LogP contribution in [0.5, 0.6) is 0 Å². The zero-order valence-corrected chi connectivity index (χ0v) is 15.3. The van der Waals surface area contributed by atoms with Crippen molar-refractivity contribution in [3.05, 3.63) is 30.3 Å². The van der Waals surface area contributed by atoms with Gasteiger partial charge >= 0.3 is 0 Å². The molecule has 1 saturated heterocycles. The van der Waals surface area contributed by atoms with E-state index in [-0.39, 0.29) is 17.9 Å². The lowest BCUT2D eigenvalue weighted by atomic mass is 9.95. The summed E-state index contributed by atoms with van der Waals surface area (Å²) >= 11 is 0. The summed E-state index contributed by atoms with van der Waals surface area (Å²) in [5.41, 5.74) is 6.09. The lowest BCUT2D eigenvalue weighted by molar-refractivity contribution is -0.127. The molecule has 0 saturated carbocycles. The molecule has 4 N–H and O–H groups in total. The Kier molecular flexibility index (Phi) is 6.96. The van der Waals surface area contributed by atoms with Gasteiger partial charge in [-0.3, -0.25) is 14.5 Å². The molecule has 138 valence electrons. The van der Waals surface area contributed by atoms with Gasteiger partial charge in [-0.15, -0.1) is 0 Å². The van der Waals surface area contributed by atoms with Gasteiger partial charge in [-0.2, -0.15) is 0 Å². The number of para-hydroxylation sites is 1. The second kappa shape index (κ2) is 8.97. The van der Waals surface area contributed by atoms with Crippen molar-refractivity contribution in [2.24, 2.45) is 5.73 Å². The predicted octanol–water partition coefficient (Wildman–Crippen LogP) is 1.72. The van der Waals surface area contributed by atoms with Crippen LogP contribution >= 0.6 is 0 Å². The normalized spacial score (nSPS) is 18.4. The first-order chi connectivity index (χ1) is 11.9. The first-order valence-corrected chi connectivity index (χ1v) is 9.08. The fraction of sp³-hybridized carbons (Fsp3) is 0.579. The number of piperidine rings is 1. The molecule has 0 radical (unpaired) electrons. The van der Waals surface area contributed by atoms with Crippen LogP contribution in [0.25, 0.3) is 0 Å². The Morgan fingerprint density at radius 2 is 1.88 bits per heavy atom. The summed E-state index contributed by atoms with van der Waals surface area (Å²) in [5.74, 6) is -0.0826. The summed E-state index contributed by atoms with van der Waals surface area (Å²) in [4.78, 5) is 26.5. The number of hydrogen-bond donors (Lipinski definition) is 3. The number of nitrogens with one attached hydrogen (secondary N) is 2. The third-order valence-corrected chi connectivity index (χ3v) is 4.64. The molecule has 0 aromatic heterocycles. The van der Waals surface area contributed by atoms with E-state index in [9.17, 15) is 9.59 Å². The van der Waals surface area contributed by atoms with Crippen LogP contribution in [-0.4, -0.2) is 47.9 Å². The van der Waals surface area contributed by atoms with E-state index in [4.69, 9.17) is 5.73 Å². The third-order valence-electron chi connectivity index (χ3n) is 4.64. The minimum atomic E-state index is -0.804. The number of hydrogen-bond acceptors (Lipinski definition) is 4. The van der Waals surface area contributed by atoms with Crippen LogP contribution in [0.1, 0.15) is 39.5 Å². The van der Waals surface area contributed by atoms with Crippen molar-refractivity contribution in [1.82, 2.24) is 10.2 Å². The van der Waals surface area contributed by atoms with E-state index >= 15 is 0 Å². The van der Waals surface area contributed by atoms with Crippen molar-refractivity contribution in [1.29, 1.82) is 0 Å². The van der Waals surface area contributed by atoms with Crippen molar-refractivity contribution in [2.45, 2.75) is 51.1 Å². The fourth-order valence-electron chi connectivity index (χ4n) is 3.14. The smallest absolute Gasteiger partial charge is 0.240 e. The third kappa shape index (κ3) is 6.14. The van der Waals surface area contributed by atoms with Crippen molar-refractivity contribution in [3.63, 3.8) is 0 Å². The largest absolute Gasteiger partial charge is 0.352 e. The van der Waals surface area contributed by atoms with Crippen LogP contribution in [-0.2, 0) is 9.59 Å². The van der Waals surface area contributed by atoms with Gasteiger partial charge in [0.25, 0.3) is 0 Å². The Bertz CT molecular complexity index is 566. The molecule has 0 spiro atoms. The Morgan fingerprint density at radius 1 is 1.24 bits per heavy atom. The van der Waals surface area contributed by atoms with Gasteiger partial charge < -0.3 is 16.4 Å². The molecule has 6 nitrogen and oxygen atoms in total. The van der Waals surface area contributed by atoms with Crippen molar-refractivity contribution in [2.75, 3.05) is 25.0 Å². The number of carbonyl (C=O) groups is 2. The number of amides is 2. The predicted molar refractivity (Wildman–Crippen MR) is 100 cm³/mol. The Hall–Kier alpha value is -1.92. The van der Waals surface area contributed by atoms with Crippen LogP contribution in [0.3, 0.4) is 0 Å². The highest BCUT2D eigenvalue weighted by Crippen LogP contribution is 2.14. The van der Waals surface area contributed by atoms with Gasteiger partial charge in [0.2, 0.25) is 11.8 Å². The van der Waals surface area contributed by atoms with Gasteiger partial charge in [-0.25, -0.2) is 0 Å². The number of anilines is 1. The molecular formula is C19H30N4O2. The molecule has 1 heterocycles. The lowest BCUT2D eigenvalue weighted by Gasteiger charge is -2.34. The summed E-state index contributed by atoms with van der Waals surface area (Å²) in [5, 5.41) is 5.97.